The van der Waals surface area contributed by atoms with E-state index < -0.39 is 5.60 Å². The van der Waals surface area contributed by atoms with Crippen molar-refractivity contribution in [2.24, 2.45) is 0 Å². The Balaban J connectivity index is 2.49. The molecule has 0 saturated heterocycles. The number of nitrogens with one attached hydrogen (secondary N) is 1. The van der Waals surface area contributed by atoms with Crippen molar-refractivity contribution in [2.45, 2.75) is 64.4 Å². The molecule has 0 aromatic heterocycles. The fourth-order valence-electron chi connectivity index (χ4n) is 2.30. The van der Waals surface area contributed by atoms with Crippen LogP contribution in [0.15, 0.2) is 11.6 Å². The molecule has 0 aliphatic heterocycles. The second-order valence-corrected chi connectivity index (χ2v) is 5.13. The zero-order valence-electron chi connectivity index (χ0n) is 10.9. The highest BCUT2D eigenvalue weighted by atomic mass is 16.3. The van der Waals surface area contributed by atoms with E-state index in [0.29, 0.717) is 6.54 Å². The van der Waals surface area contributed by atoms with Crippen molar-refractivity contribution in [3.63, 3.8) is 0 Å². The standard InChI is InChI=1S/C14H27NO/c1-3-11-15-12-14(2,16)13-9-7-5-4-6-8-10-13/h9,15-16H,3-8,10-12H2,1-2H3. The van der Waals surface area contributed by atoms with Crippen LogP contribution in [0.25, 0.3) is 0 Å². The largest absolute Gasteiger partial charge is 0.384 e. The smallest absolute Gasteiger partial charge is 0.0952 e. The number of hydrogen-bond donors (Lipinski definition) is 2. The summed E-state index contributed by atoms with van der Waals surface area (Å²) in [6.07, 6.45) is 10.8. The van der Waals surface area contributed by atoms with Gasteiger partial charge in [0, 0.05) is 6.54 Å². The van der Waals surface area contributed by atoms with Crippen LogP contribution in [0, 0.1) is 0 Å². The third-order valence-corrected chi connectivity index (χ3v) is 3.38. The lowest BCUT2D eigenvalue weighted by molar-refractivity contribution is 0.0928. The highest BCUT2D eigenvalue weighted by Gasteiger charge is 2.24. The van der Waals surface area contributed by atoms with Crippen LogP contribution >= 0.6 is 0 Å². The van der Waals surface area contributed by atoms with E-state index in [1.165, 1.54) is 31.3 Å². The van der Waals surface area contributed by atoms with E-state index in [1.54, 1.807) is 0 Å². The maximum absolute atomic E-state index is 10.5. The molecular weight excluding hydrogens is 198 g/mol. The van der Waals surface area contributed by atoms with Gasteiger partial charge in [-0.1, -0.05) is 25.8 Å². The predicted octanol–water partition coefficient (Wildman–Crippen LogP) is 3.02. The zero-order chi connectivity index (χ0) is 11.9. The molecule has 1 atom stereocenters. The Labute approximate surface area is 100 Å². The minimum atomic E-state index is -0.646. The first-order chi connectivity index (χ1) is 7.67. The van der Waals surface area contributed by atoms with Crippen molar-refractivity contribution < 1.29 is 5.11 Å². The van der Waals surface area contributed by atoms with Crippen molar-refractivity contribution in [3.8, 4) is 0 Å². The van der Waals surface area contributed by atoms with Crippen molar-refractivity contribution >= 4 is 0 Å². The van der Waals surface area contributed by atoms with Gasteiger partial charge in [-0.05, 0) is 51.1 Å². The zero-order valence-corrected chi connectivity index (χ0v) is 10.9. The second kappa shape index (κ2) is 7.08. The highest BCUT2D eigenvalue weighted by Crippen LogP contribution is 2.25. The molecule has 2 N–H and O–H groups in total. The summed E-state index contributed by atoms with van der Waals surface area (Å²) in [5.41, 5.74) is 0.600. The number of allylic oxidation sites excluding steroid dienone is 1. The van der Waals surface area contributed by atoms with Gasteiger partial charge in [0.1, 0.15) is 0 Å². The van der Waals surface area contributed by atoms with Crippen molar-refractivity contribution in [3.05, 3.63) is 11.6 Å². The summed E-state index contributed by atoms with van der Waals surface area (Å²) >= 11 is 0. The normalized spacial score (nSPS) is 21.8. The fourth-order valence-corrected chi connectivity index (χ4v) is 2.30. The Bertz CT molecular complexity index is 221. The quantitative estimate of drug-likeness (QED) is 0.557. The summed E-state index contributed by atoms with van der Waals surface area (Å²) < 4.78 is 0. The SMILES string of the molecule is CCCNCC(C)(O)C1=CCCCCCC1. The van der Waals surface area contributed by atoms with Crippen LogP contribution in [0.5, 0.6) is 0 Å². The minimum Gasteiger partial charge on any atom is -0.384 e. The van der Waals surface area contributed by atoms with E-state index in [9.17, 15) is 5.11 Å². The maximum Gasteiger partial charge on any atom is 0.0952 e. The molecule has 16 heavy (non-hydrogen) atoms. The summed E-state index contributed by atoms with van der Waals surface area (Å²) in [4.78, 5) is 0. The van der Waals surface area contributed by atoms with Crippen molar-refractivity contribution in [1.82, 2.24) is 5.32 Å². The van der Waals surface area contributed by atoms with Gasteiger partial charge in [0.15, 0.2) is 0 Å². The van der Waals surface area contributed by atoms with Gasteiger partial charge in [-0.3, -0.25) is 0 Å². The third-order valence-electron chi connectivity index (χ3n) is 3.38. The van der Waals surface area contributed by atoms with Gasteiger partial charge in [-0.15, -0.1) is 0 Å². The maximum atomic E-state index is 10.5. The van der Waals surface area contributed by atoms with Crippen LogP contribution in [0.4, 0.5) is 0 Å². The van der Waals surface area contributed by atoms with Gasteiger partial charge in [0.25, 0.3) is 0 Å². The molecular formula is C14H27NO. The van der Waals surface area contributed by atoms with Crippen molar-refractivity contribution in [2.75, 3.05) is 13.1 Å². The molecule has 1 unspecified atom stereocenters. The molecule has 0 amide bonds. The van der Waals surface area contributed by atoms with E-state index in [-0.39, 0.29) is 0 Å². The molecule has 1 aliphatic carbocycles. The Kier molecular flexibility index (Phi) is 6.07. The van der Waals surface area contributed by atoms with Gasteiger partial charge in [0.2, 0.25) is 0 Å². The number of aliphatic hydroxyl groups is 1. The molecule has 0 aromatic rings. The summed E-state index contributed by atoms with van der Waals surface area (Å²) in [5.74, 6) is 0. The first kappa shape index (κ1) is 13.7. The lowest BCUT2D eigenvalue weighted by Gasteiger charge is -2.28. The molecule has 94 valence electrons. The average Bonchev–Trinajstić information content (AvgIpc) is 2.16. The van der Waals surface area contributed by atoms with Gasteiger partial charge < -0.3 is 10.4 Å². The van der Waals surface area contributed by atoms with Crippen LogP contribution in [-0.4, -0.2) is 23.8 Å². The Morgan fingerprint density at radius 3 is 2.81 bits per heavy atom. The van der Waals surface area contributed by atoms with Crippen LogP contribution < -0.4 is 5.32 Å². The molecule has 0 spiro atoms. The summed E-state index contributed by atoms with van der Waals surface area (Å²) in [7, 11) is 0. The monoisotopic (exact) mass is 225 g/mol. The van der Waals surface area contributed by atoms with E-state index in [2.05, 4.69) is 18.3 Å². The van der Waals surface area contributed by atoms with Crippen LogP contribution in [0.1, 0.15) is 58.8 Å². The molecule has 0 fully saturated rings. The molecule has 2 heteroatoms. The van der Waals surface area contributed by atoms with Crippen molar-refractivity contribution in [1.29, 1.82) is 0 Å². The Morgan fingerprint density at radius 2 is 2.06 bits per heavy atom. The Morgan fingerprint density at radius 1 is 1.31 bits per heavy atom. The summed E-state index contributed by atoms with van der Waals surface area (Å²) in [5, 5.41) is 13.8. The van der Waals surface area contributed by atoms with E-state index in [4.69, 9.17) is 0 Å². The lowest BCUT2D eigenvalue weighted by atomic mass is 9.88. The van der Waals surface area contributed by atoms with Gasteiger partial charge in [-0.25, -0.2) is 0 Å². The molecule has 1 aliphatic rings. The molecule has 0 bridgehead atoms. The molecule has 1 rings (SSSR count). The first-order valence-electron chi connectivity index (χ1n) is 6.79. The minimum absolute atomic E-state index is 0.646. The third kappa shape index (κ3) is 4.67. The number of hydrogen-bond acceptors (Lipinski definition) is 2. The highest BCUT2D eigenvalue weighted by molar-refractivity contribution is 5.16. The van der Waals surface area contributed by atoms with Gasteiger partial charge >= 0.3 is 0 Å². The molecule has 0 heterocycles. The number of rotatable bonds is 5. The predicted molar refractivity (Wildman–Crippen MR) is 69.6 cm³/mol. The summed E-state index contributed by atoms with van der Waals surface area (Å²) in [6, 6.07) is 0. The van der Waals surface area contributed by atoms with Crippen LogP contribution in [0.2, 0.25) is 0 Å². The van der Waals surface area contributed by atoms with Crippen LogP contribution in [-0.2, 0) is 0 Å². The topological polar surface area (TPSA) is 32.3 Å². The molecule has 0 radical (unpaired) electrons. The Hall–Kier alpha value is -0.340. The van der Waals surface area contributed by atoms with Gasteiger partial charge in [0.05, 0.1) is 5.60 Å². The molecule has 0 saturated carbocycles. The van der Waals surface area contributed by atoms with E-state index in [1.807, 2.05) is 6.92 Å². The van der Waals surface area contributed by atoms with Crippen LogP contribution in [0.3, 0.4) is 0 Å². The first-order valence-corrected chi connectivity index (χ1v) is 6.79. The van der Waals surface area contributed by atoms with E-state index in [0.717, 1.165) is 25.8 Å². The lowest BCUT2D eigenvalue weighted by Crippen LogP contribution is -2.40. The second-order valence-electron chi connectivity index (χ2n) is 5.13. The average molecular weight is 225 g/mol. The van der Waals surface area contributed by atoms with Gasteiger partial charge in [-0.2, -0.15) is 0 Å². The fraction of sp³-hybridized carbons (Fsp3) is 0.857. The molecule has 2 nitrogen and oxygen atoms in total. The summed E-state index contributed by atoms with van der Waals surface area (Å²) in [6.45, 7) is 5.77. The molecule has 0 aromatic carbocycles. The van der Waals surface area contributed by atoms with E-state index >= 15 is 0 Å².